The summed E-state index contributed by atoms with van der Waals surface area (Å²) >= 11 is 6.22. The molecule has 0 unspecified atom stereocenters. The lowest BCUT2D eigenvalue weighted by Gasteiger charge is -2.14. The Labute approximate surface area is 174 Å². The van der Waals surface area contributed by atoms with Gasteiger partial charge in [-0.05, 0) is 31.2 Å². The van der Waals surface area contributed by atoms with Gasteiger partial charge in [-0.25, -0.2) is 0 Å². The number of nitrogens with one attached hydrogen (secondary N) is 1. The Bertz CT molecular complexity index is 1060. The minimum atomic E-state index is -4.80. The van der Waals surface area contributed by atoms with Gasteiger partial charge in [-0.1, -0.05) is 11.6 Å². The second kappa shape index (κ2) is 8.41. The van der Waals surface area contributed by atoms with E-state index >= 15 is 0 Å². The van der Waals surface area contributed by atoms with E-state index in [1.54, 1.807) is 13.1 Å². The third-order valence-corrected chi connectivity index (χ3v) is 4.40. The van der Waals surface area contributed by atoms with Crippen LogP contribution in [0.3, 0.4) is 0 Å². The van der Waals surface area contributed by atoms with Crippen LogP contribution in [0.5, 0.6) is 5.75 Å². The van der Waals surface area contributed by atoms with E-state index in [2.05, 4.69) is 14.8 Å². The molecule has 3 rings (SSSR count). The minimum Gasteiger partial charge on any atom is -0.492 e. The zero-order valence-corrected chi connectivity index (χ0v) is 16.8. The van der Waals surface area contributed by atoms with E-state index < -0.39 is 23.4 Å². The van der Waals surface area contributed by atoms with E-state index in [1.807, 2.05) is 0 Å². The molecule has 3 N–H and O–H groups in total. The van der Waals surface area contributed by atoms with Gasteiger partial charge in [0.2, 0.25) is 5.76 Å². The van der Waals surface area contributed by atoms with Crippen molar-refractivity contribution in [3.8, 4) is 17.0 Å². The van der Waals surface area contributed by atoms with E-state index in [0.717, 1.165) is 6.07 Å². The average molecular weight is 443 g/mol. The topological polar surface area (TPSA) is 95.3 Å². The van der Waals surface area contributed by atoms with Crippen LogP contribution in [0.2, 0.25) is 5.02 Å². The smallest absolute Gasteiger partial charge is 0.450 e. The number of nitrogens with two attached hydrogens (primary N) is 1. The first-order chi connectivity index (χ1) is 14.1. The molecule has 7 nitrogen and oxygen atoms in total. The van der Waals surface area contributed by atoms with E-state index in [0.29, 0.717) is 22.0 Å². The van der Waals surface area contributed by atoms with Gasteiger partial charge in [0, 0.05) is 24.8 Å². The second-order valence-corrected chi connectivity index (χ2v) is 6.77. The molecule has 0 aliphatic rings. The zero-order valence-electron chi connectivity index (χ0n) is 16.0. The summed E-state index contributed by atoms with van der Waals surface area (Å²) in [7, 11) is 1.67. The van der Waals surface area contributed by atoms with Crippen LogP contribution < -0.4 is 15.8 Å². The third-order valence-electron chi connectivity index (χ3n) is 4.12. The van der Waals surface area contributed by atoms with Crippen molar-refractivity contribution < 1.29 is 27.1 Å². The first-order valence-corrected chi connectivity index (χ1v) is 9.13. The number of rotatable bonds is 6. The van der Waals surface area contributed by atoms with Crippen molar-refractivity contribution in [2.75, 3.05) is 18.5 Å². The number of carbonyl (C=O) groups excluding carboxylic acids is 1. The predicted octanol–water partition coefficient (Wildman–Crippen LogP) is 4.25. The van der Waals surface area contributed by atoms with Crippen molar-refractivity contribution in [3.63, 3.8) is 0 Å². The van der Waals surface area contributed by atoms with Crippen LogP contribution in [0.4, 0.5) is 18.9 Å². The number of ether oxygens (including phenoxy) is 1. The maximum absolute atomic E-state index is 13.1. The molecular formula is C19H18ClF3N4O3. The first kappa shape index (κ1) is 21.7. The molecule has 0 bridgehead atoms. The summed E-state index contributed by atoms with van der Waals surface area (Å²) < 4.78 is 51.3. The largest absolute Gasteiger partial charge is 0.492 e. The lowest BCUT2D eigenvalue weighted by molar-refractivity contribution is -0.153. The lowest BCUT2D eigenvalue weighted by Crippen LogP contribution is -2.17. The number of carbonyl (C=O) groups is 1. The highest BCUT2D eigenvalue weighted by atomic mass is 35.5. The summed E-state index contributed by atoms with van der Waals surface area (Å²) in [6, 6.07) is 5.63. The molecule has 0 saturated carbocycles. The Kier molecular flexibility index (Phi) is 6.09. The second-order valence-electron chi connectivity index (χ2n) is 6.36. The molecule has 1 aromatic carbocycles. The zero-order chi connectivity index (χ0) is 22.1. The molecule has 0 spiro atoms. The fraction of sp³-hybridized carbons (Fsp3) is 0.263. The average Bonchev–Trinajstić information content (AvgIpc) is 3.23. The molecule has 0 atom stereocenters. The molecule has 11 heteroatoms. The van der Waals surface area contributed by atoms with Gasteiger partial charge in [0.25, 0.3) is 5.91 Å². The number of hydrogen-bond acceptors (Lipinski definition) is 5. The number of aryl methyl sites for hydroxylation is 2. The highest BCUT2D eigenvalue weighted by Crippen LogP contribution is 2.37. The van der Waals surface area contributed by atoms with Crippen molar-refractivity contribution in [3.05, 3.63) is 52.6 Å². The molecule has 30 heavy (non-hydrogen) atoms. The number of amides is 1. The van der Waals surface area contributed by atoms with Gasteiger partial charge in [0.1, 0.15) is 18.1 Å². The van der Waals surface area contributed by atoms with Crippen LogP contribution in [-0.4, -0.2) is 28.8 Å². The Morgan fingerprint density at radius 2 is 2.10 bits per heavy atom. The first-order valence-electron chi connectivity index (χ1n) is 8.75. The summed E-state index contributed by atoms with van der Waals surface area (Å²) in [4.78, 5) is 12.5. The Morgan fingerprint density at radius 1 is 1.37 bits per heavy atom. The SMILES string of the molecule is Cc1cc(C(=O)Nc2ccc(OCCN)c(-c3c(Cl)cnn3C)c2)c(C(F)(F)F)o1. The monoisotopic (exact) mass is 442 g/mol. The summed E-state index contributed by atoms with van der Waals surface area (Å²) in [5.74, 6) is -1.91. The van der Waals surface area contributed by atoms with Crippen molar-refractivity contribution in [2.45, 2.75) is 13.1 Å². The van der Waals surface area contributed by atoms with Crippen LogP contribution in [0.15, 0.2) is 34.9 Å². The van der Waals surface area contributed by atoms with Gasteiger partial charge in [-0.3, -0.25) is 9.48 Å². The van der Waals surface area contributed by atoms with E-state index in [9.17, 15) is 18.0 Å². The lowest BCUT2D eigenvalue weighted by atomic mass is 10.1. The fourth-order valence-electron chi connectivity index (χ4n) is 2.89. The normalized spacial score (nSPS) is 11.6. The van der Waals surface area contributed by atoms with E-state index in [-0.39, 0.29) is 24.6 Å². The summed E-state index contributed by atoms with van der Waals surface area (Å²) in [6.07, 6.45) is -3.35. The Balaban J connectivity index is 1.98. The van der Waals surface area contributed by atoms with Gasteiger partial charge >= 0.3 is 6.18 Å². The summed E-state index contributed by atoms with van der Waals surface area (Å²) in [5, 5.41) is 6.87. The Morgan fingerprint density at radius 3 is 2.70 bits per heavy atom. The third kappa shape index (κ3) is 4.44. The number of furan rings is 1. The van der Waals surface area contributed by atoms with Crippen molar-refractivity contribution in [1.82, 2.24) is 9.78 Å². The maximum atomic E-state index is 13.1. The van der Waals surface area contributed by atoms with Crippen molar-refractivity contribution in [1.29, 1.82) is 0 Å². The molecule has 0 aliphatic heterocycles. The van der Waals surface area contributed by atoms with Crippen LogP contribution in [-0.2, 0) is 13.2 Å². The molecule has 1 amide bonds. The number of anilines is 1. The highest BCUT2D eigenvalue weighted by molar-refractivity contribution is 6.33. The molecule has 2 heterocycles. The van der Waals surface area contributed by atoms with E-state index in [1.165, 1.54) is 29.9 Å². The maximum Gasteiger partial charge on any atom is 0.450 e. The van der Waals surface area contributed by atoms with Gasteiger partial charge < -0.3 is 20.2 Å². The van der Waals surface area contributed by atoms with Crippen molar-refractivity contribution in [2.24, 2.45) is 12.8 Å². The minimum absolute atomic E-state index is 0.0274. The molecule has 160 valence electrons. The van der Waals surface area contributed by atoms with Crippen LogP contribution in [0.25, 0.3) is 11.3 Å². The molecule has 0 saturated heterocycles. The number of aromatic nitrogens is 2. The molecule has 0 fully saturated rings. The number of benzene rings is 1. The number of halogens is 4. The van der Waals surface area contributed by atoms with Gasteiger partial charge in [-0.15, -0.1) is 0 Å². The molecule has 0 radical (unpaired) electrons. The summed E-state index contributed by atoms with van der Waals surface area (Å²) in [5.41, 5.74) is 6.12. The quantitative estimate of drug-likeness (QED) is 0.595. The molecule has 2 aromatic heterocycles. The van der Waals surface area contributed by atoms with Gasteiger partial charge in [0.15, 0.2) is 0 Å². The number of alkyl halides is 3. The molecule has 3 aromatic rings. The van der Waals surface area contributed by atoms with Crippen molar-refractivity contribution >= 4 is 23.2 Å². The standard InChI is InChI=1S/C19H18ClF3N4O3/c1-10-7-13(17(30-10)19(21,22)23)18(28)26-11-3-4-15(29-6-5-24)12(8-11)16-14(20)9-25-27(16)2/h3-4,7-9H,5-6,24H2,1-2H3,(H,26,28). The summed E-state index contributed by atoms with van der Waals surface area (Å²) in [6.45, 7) is 1.84. The van der Waals surface area contributed by atoms with Gasteiger partial charge in [0.05, 0.1) is 22.5 Å². The fourth-order valence-corrected chi connectivity index (χ4v) is 3.16. The van der Waals surface area contributed by atoms with Crippen LogP contribution >= 0.6 is 11.6 Å². The van der Waals surface area contributed by atoms with E-state index in [4.69, 9.17) is 22.1 Å². The predicted molar refractivity (Wildman–Crippen MR) is 105 cm³/mol. The van der Waals surface area contributed by atoms with Crippen LogP contribution in [0, 0.1) is 6.92 Å². The van der Waals surface area contributed by atoms with Crippen LogP contribution in [0.1, 0.15) is 21.9 Å². The number of nitrogens with zero attached hydrogens (tertiary/aromatic N) is 2. The van der Waals surface area contributed by atoms with Gasteiger partial charge in [-0.2, -0.15) is 18.3 Å². The molecular weight excluding hydrogens is 425 g/mol. The Hall–Kier alpha value is -2.98. The highest BCUT2D eigenvalue weighted by Gasteiger charge is 2.40. The molecule has 0 aliphatic carbocycles. The number of hydrogen-bond donors (Lipinski definition) is 2.